The van der Waals surface area contributed by atoms with Gasteiger partial charge in [0.2, 0.25) is 11.8 Å². The molecular formula is C19H25N3O3S. The third-order valence-electron chi connectivity index (χ3n) is 4.04. The smallest absolute Gasteiger partial charge is 0.238 e. The van der Waals surface area contributed by atoms with E-state index < -0.39 is 6.04 Å². The number of methoxy groups -OCH3 is 1. The largest absolute Gasteiger partial charge is 0.497 e. The van der Waals surface area contributed by atoms with E-state index >= 15 is 0 Å². The number of hydrogen-bond acceptors (Lipinski definition) is 5. The molecule has 0 unspecified atom stereocenters. The Morgan fingerprint density at radius 3 is 2.77 bits per heavy atom. The molecule has 7 heteroatoms. The Bertz CT molecular complexity index is 719. The number of nitrogens with one attached hydrogen (secondary N) is 2. The highest BCUT2D eigenvalue weighted by molar-refractivity contribution is 7.09. The molecule has 1 heterocycles. The van der Waals surface area contributed by atoms with Crippen molar-refractivity contribution in [3.63, 3.8) is 0 Å². The Hall–Kier alpha value is -2.38. The number of rotatable bonds is 9. The average molecular weight is 375 g/mol. The van der Waals surface area contributed by atoms with Crippen molar-refractivity contribution in [3.05, 3.63) is 46.7 Å². The quantitative estimate of drug-likeness (QED) is 0.706. The monoisotopic (exact) mass is 375 g/mol. The maximum Gasteiger partial charge on any atom is 0.238 e. The normalized spacial score (nSPS) is 11.8. The highest BCUT2D eigenvalue weighted by Gasteiger charge is 2.19. The molecule has 0 aliphatic rings. The van der Waals surface area contributed by atoms with Crippen LogP contribution in [0.3, 0.4) is 0 Å². The second kappa shape index (κ2) is 9.94. The van der Waals surface area contributed by atoms with Gasteiger partial charge in [0, 0.05) is 23.2 Å². The van der Waals surface area contributed by atoms with Gasteiger partial charge in [-0.1, -0.05) is 12.1 Å². The molecule has 2 aromatic rings. The van der Waals surface area contributed by atoms with Crippen molar-refractivity contribution < 1.29 is 14.3 Å². The van der Waals surface area contributed by atoms with E-state index in [4.69, 9.17) is 4.74 Å². The first-order valence-electron chi connectivity index (χ1n) is 8.44. The summed E-state index contributed by atoms with van der Waals surface area (Å²) in [6.45, 7) is 2.50. The van der Waals surface area contributed by atoms with E-state index in [1.807, 2.05) is 23.6 Å². The summed E-state index contributed by atoms with van der Waals surface area (Å²) in [5, 5.41) is 7.75. The van der Waals surface area contributed by atoms with Gasteiger partial charge in [0.1, 0.15) is 5.75 Å². The van der Waals surface area contributed by atoms with Crippen LogP contribution in [-0.4, -0.2) is 50.0 Å². The lowest BCUT2D eigenvalue weighted by molar-refractivity contribution is -0.126. The molecule has 0 aliphatic carbocycles. The molecule has 0 saturated heterocycles. The van der Waals surface area contributed by atoms with Crippen molar-refractivity contribution in [3.8, 4) is 5.75 Å². The van der Waals surface area contributed by atoms with Crippen molar-refractivity contribution in [2.45, 2.75) is 19.4 Å². The van der Waals surface area contributed by atoms with Crippen molar-refractivity contribution in [1.82, 2.24) is 10.2 Å². The van der Waals surface area contributed by atoms with E-state index in [2.05, 4.69) is 16.7 Å². The van der Waals surface area contributed by atoms with E-state index in [9.17, 15) is 9.59 Å². The molecule has 6 nitrogen and oxygen atoms in total. The van der Waals surface area contributed by atoms with Gasteiger partial charge < -0.3 is 15.4 Å². The van der Waals surface area contributed by atoms with Crippen molar-refractivity contribution in [2.24, 2.45) is 0 Å². The maximum atomic E-state index is 12.2. The van der Waals surface area contributed by atoms with Crippen LogP contribution in [0.4, 0.5) is 5.69 Å². The fraction of sp³-hybridized carbons (Fsp3) is 0.368. The first kappa shape index (κ1) is 19.9. The number of hydrogen-bond donors (Lipinski definition) is 2. The molecule has 140 valence electrons. The molecule has 0 aliphatic heterocycles. The Morgan fingerprint density at radius 2 is 2.08 bits per heavy atom. The lowest BCUT2D eigenvalue weighted by Gasteiger charge is -2.23. The zero-order chi connectivity index (χ0) is 18.9. The summed E-state index contributed by atoms with van der Waals surface area (Å²) < 4.78 is 5.14. The zero-order valence-corrected chi connectivity index (χ0v) is 16.1. The summed E-state index contributed by atoms with van der Waals surface area (Å²) in [7, 11) is 3.34. The predicted octanol–water partition coefficient (Wildman–Crippen LogP) is 2.37. The first-order valence-corrected chi connectivity index (χ1v) is 9.32. The van der Waals surface area contributed by atoms with Crippen LogP contribution in [0.15, 0.2) is 41.8 Å². The van der Waals surface area contributed by atoms with Crippen LogP contribution in [0.2, 0.25) is 0 Å². The number of thiophene rings is 1. The van der Waals surface area contributed by atoms with E-state index in [1.165, 1.54) is 4.88 Å². The number of amides is 2. The van der Waals surface area contributed by atoms with Gasteiger partial charge in [-0.3, -0.25) is 14.5 Å². The number of anilines is 1. The van der Waals surface area contributed by atoms with Crippen LogP contribution in [0, 0.1) is 0 Å². The molecule has 0 bridgehead atoms. The van der Waals surface area contributed by atoms with Crippen molar-refractivity contribution >= 4 is 28.8 Å². The third-order valence-corrected chi connectivity index (χ3v) is 4.97. The van der Waals surface area contributed by atoms with Gasteiger partial charge in [-0.15, -0.1) is 11.3 Å². The first-order chi connectivity index (χ1) is 12.5. The second-order valence-electron chi connectivity index (χ2n) is 5.99. The second-order valence-corrected chi connectivity index (χ2v) is 7.02. The van der Waals surface area contributed by atoms with Crippen molar-refractivity contribution in [2.75, 3.05) is 32.6 Å². The molecule has 1 aromatic carbocycles. The minimum Gasteiger partial charge on any atom is -0.497 e. The van der Waals surface area contributed by atoms with Gasteiger partial charge >= 0.3 is 0 Å². The minimum absolute atomic E-state index is 0.0850. The summed E-state index contributed by atoms with van der Waals surface area (Å²) in [6.07, 6.45) is 0.816. The predicted molar refractivity (Wildman–Crippen MR) is 105 cm³/mol. The van der Waals surface area contributed by atoms with Crippen LogP contribution >= 0.6 is 11.3 Å². The van der Waals surface area contributed by atoms with Crippen molar-refractivity contribution in [1.29, 1.82) is 0 Å². The molecule has 2 rings (SSSR count). The van der Waals surface area contributed by atoms with Crippen LogP contribution < -0.4 is 15.4 Å². The van der Waals surface area contributed by atoms with E-state index in [1.54, 1.807) is 49.5 Å². The van der Waals surface area contributed by atoms with Gasteiger partial charge in [-0.05, 0) is 44.0 Å². The van der Waals surface area contributed by atoms with Gasteiger partial charge in [0.05, 0.1) is 19.7 Å². The fourth-order valence-electron chi connectivity index (χ4n) is 2.38. The number of benzene rings is 1. The Kier molecular flexibility index (Phi) is 7.62. The van der Waals surface area contributed by atoms with Crippen LogP contribution in [0.5, 0.6) is 5.75 Å². The molecule has 2 N–H and O–H groups in total. The Morgan fingerprint density at radius 1 is 1.27 bits per heavy atom. The standard InChI is InChI=1S/C19H25N3O3S/c1-14(19(24)20-10-9-17-8-5-11-26-17)22(2)13-18(23)21-15-6-4-7-16(12-15)25-3/h4-8,11-12,14H,9-10,13H2,1-3H3,(H,20,24)(H,21,23)/t14-/m1/s1. The van der Waals surface area contributed by atoms with Crippen LogP contribution in [-0.2, 0) is 16.0 Å². The maximum absolute atomic E-state index is 12.2. The SMILES string of the molecule is COc1cccc(NC(=O)CN(C)[C@H](C)C(=O)NCCc2cccs2)c1. The van der Waals surface area contributed by atoms with Gasteiger partial charge in [-0.2, -0.15) is 0 Å². The molecular weight excluding hydrogens is 350 g/mol. The number of carbonyl (C=O) groups is 2. The molecule has 0 fully saturated rings. The highest BCUT2D eigenvalue weighted by Crippen LogP contribution is 2.16. The molecule has 2 amide bonds. The summed E-state index contributed by atoms with van der Waals surface area (Å²) >= 11 is 1.68. The van der Waals surface area contributed by atoms with Crippen LogP contribution in [0.1, 0.15) is 11.8 Å². The average Bonchev–Trinajstić information content (AvgIpc) is 3.14. The zero-order valence-electron chi connectivity index (χ0n) is 15.3. The molecule has 0 spiro atoms. The van der Waals surface area contributed by atoms with E-state index in [0.717, 1.165) is 6.42 Å². The molecule has 26 heavy (non-hydrogen) atoms. The number of nitrogens with zero attached hydrogens (tertiary/aromatic N) is 1. The Balaban J connectivity index is 1.76. The minimum atomic E-state index is -0.394. The summed E-state index contributed by atoms with van der Waals surface area (Å²) in [6, 6.07) is 10.8. The molecule has 1 atom stereocenters. The summed E-state index contributed by atoms with van der Waals surface area (Å²) in [5.74, 6) is 0.409. The third kappa shape index (κ3) is 6.16. The highest BCUT2D eigenvalue weighted by atomic mass is 32.1. The Labute approximate surface area is 158 Å². The van der Waals surface area contributed by atoms with Crippen LogP contribution in [0.25, 0.3) is 0 Å². The topological polar surface area (TPSA) is 70.7 Å². The van der Waals surface area contributed by atoms with Gasteiger partial charge in [0.15, 0.2) is 0 Å². The van der Waals surface area contributed by atoms with E-state index in [-0.39, 0.29) is 18.4 Å². The molecule has 0 saturated carbocycles. The lowest BCUT2D eigenvalue weighted by atomic mass is 10.2. The number of carbonyl (C=O) groups excluding carboxylic acids is 2. The van der Waals surface area contributed by atoms with Gasteiger partial charge in [-0.25, -0.2) is 0 Å². The lowest BCUT2D eigenvalue weighted by Crippen LogP contribution is -2.46. The number of likely N-dealkylation sites (N-methyl/N-ethyl adjacent to an activating group) is 1. The van der Waals surface area contributed by atoms with E-state index in [0.29, 0.717) is 18.0 Å². The summed E-state index contributed by atoms with van der Waals surface area (Å²) in [4.78, 5) is 27.4. The fourth-order valence-corrected chi connectivity index (χ4v) is 3.09. The summed E-state index contributed by atoms with van der Waals surface area (Å²) in [5.41, 5.74) is 0.663. The van der Waals surface area contributed by atoms with Gasteiger partial charge in [0.25, 0.3) is 0 Å². The molecule has 0 radical (unpaired) electrons. The molecule has 1 aromatic heterocycles. The number of ether oxygens (including phenoxy) is 1.